The Morgan fingerprint density at radius 2 is 2.09 bits per heavy atom. The minimum Gasteiger partial charge on any atom is -0.483 e. The Bertz CT molecular complexity index is 1020. The van der Waals surface area contributed by atoms with E-state index in [1.807, 2.05) is 11.8 Å². The van der Waals surface area contributed by atoms with Crippen LogP contribution in [0.25, 0.3) is 5.78 Å². The van der Waals surface area contributed by atoms with E-state index in [1.165, 1.54) is 9.42 Å². The lowest BCUT2D eigenvalue weighted by Gasteiger charge is -2.39. The first kappa shape index (κ1) is 22.6. The largest absolute Gasteiger partial charge is 0.483 e. The third-order valence-corrected chi connectivity index (χ3v) is 6.59. The summed E-state index contributed by atoms with van der Waals surface area (Å²) in [5.41, 5.74) is 0. The molecular weight excluding hydrogens is 430 g/mol. The first-order chi connectivity index (χ1) is 16.0. The quantitative estimate of drug-likeness (QED) is 0.607. The lowest BCUT2D eigenvalue weighted by atomic mass is 9.90. The van der Waals surface area contributed by atoms with Gasteiger partial charge < -0.3 is 20.2 Å². The van der Waals surface area contributed by atoms with Gasteiger partial charge in [0.2, 0.25) is 17.6 Å². The number of aromatic nitrogens is 4. The zero-order chi connectivity index (χ0) is 23.5. The van der Waals surface area contributed by atoms with Gasteiger partial charge in [0.25, 0.3) is 18.2 Å². The van der Waals surface area contributed by atoms with E-state index in [9.17, 15) is 14.4 Å². The number of hydrogen-bond acceptors (Lipinski definition) is 7. The van der Waals surface area contributed by atoms with E-state index in [0.29, 0.717) is 18.7 Å². The summed E-state index contributed by atoms with van der Waals surface area (Å²) < 4.78 is 1.44. The first-order valence-corrected chi connectivity index (χ1v) is 11.1. The Labute approximate surface area is 190 Å². The lowest BCUT2D eigenvalue weighted by molar-refractivity contribution is -0.139. The Kier molecular flexibility index (Phi) is 6.52. The molecule has 2 saturated heterocycles. The van der Waals surface area contributed by atoms with Crippen LogP contribution in [0.1, 0.15) is 49.6 Å². The van der Waals surface area contributed by atoms with Crippen molar-refractivity contribution in [3.05, 3.63) is 24.3 Å². The van der Waals surface area contributed by atoms with Gasteiger partial charge in [-0.25, -0.2) is 9.50 Å². The van der Waals surface area contributed by atoms with E-state index < -0.39 is 0 Å². The molecule has 3 atom stereocenters. The number of hydrogen-bond donors (Lipinski definition) is 2. The number of nitrogens with zero attached hydrogens (tertiary/aromatic N) is 6. The van der Waals surface area contributed by atoms with Gasteiger partial charge >= 0.3 is 0 Å². The van der Waals surface area contributed by atoms with Crippen molar-refractivity contribution >= 4 is 30.0 Å². The Hall–Kier alpha value is -3.57. The van der Waals surface area contributed by atoms with Crippen LogP contribution in [0.4, 0.5) is 0 Å². The maximum atomic E-state index is 13.0. The van der Waals surface area contributed by atoms with E-state index in [4.69, 9.17) is 9.90 Å². The monoisotopic (exact) mass is 457 g/mol. The van der Waals surface area contributed by atoms with Crippen molar-refractivity contribution in [3.63, 3.8) is 0 Å². The molecule has 2 aromatic rings. The van der Waals surface area contributed by atoms with E-state index >= 15 is 0 Å². The fourth-order valence-corrected chi connectivity index (χ4v) is 4.89. The molecule has 0 aromatic carbocycles. The van der Waals surface area contributed by atoms with Crippen molar-refractivity contribution in [2.75, 3.05) is 13.1 Å². The molecular formula is C21H27N7O5. The highest BCUT2D eigenvalue weighted by Gasteiger charge is 2.50. The molecule has 2 N–H and O–H groups in total. The number of fused-ring (bicyclic) bond motifs is 2. The highest BCUT2D eigenvalue weighted by atomic mass is 16.3. The van der Waals surface area contributed by atoms with Crippen LogP contribution in [0, 0.1) is 5.92 Å². The van der Waals surface area contributed by atoms with Crippen LogP contribution in [0.3, 0.4) is 0 Å². The predicted molar refractivity (Wildman–Crippen MR) is 114 cm³/mol. The summed E-state index contributed by atoms with van der Waals surface area (Å²) in [5, 5.41) is 14.2. The van der Waals surface area contributed by atoms with Crippen LogP contribution in [-0.2, 0) is 14.4 Å². The number of carbonyl (C=O) groups excluding carboxylic acids is 3. The van der Waals surface area contributed by atoms with Crippen molar-refractivity contribution in [3.8, 4) is 0 Å². The van der Waals surface area contributed by atoms with Gasteiger partial charge in [0.15, 0.2) is 0 Å². The SMILES string of the molecule is CC[C@H]1[C@@H](C(=O)NC2CCC2)C[C@H]2CN(C(=O)c3nc4ncccn4n3)CC(=O)N21.O=CO. The zero-order valence-electron chi connectivity index (χ0n) is 18.3. The molecule has 0 radical (unpaired) electrons. The first-order valence-electron chi connectivity index (χ1n) is 11.1. The summed E-state index contributed by atoms with van der Waals surface area (Å²) in [6.07, 6.45) is 7.77. The maximum Gasteiger partial charge on any atom is 0.294 e. The third kappa shape index (κ3) is 4.37. The van der Waals surface area contributed by atoms with Crippen molar-refractivity contribution in [1.82, 2.24) is 34.7 Å². The normalized spacial score (nSPS) is 24.5. The minimum atomic E-state index is -0.385. The summed E-state index contributed by atoms with van der Waals surface area (Å²) in [4.78, 5) is 58.7. The Morgan fingerprint density at radius 3 is 2.73 bits per heavy atom. The molecule has 33 heavy (non-hydrogen) atoms. The molecule has 2 aromatic heterocycles. The maximum absolute atomic E-state index is 13.0. The molecule has 4 heterocycles. The molecule has 176 valence electrons. The Balaban J connectivity index is 0.000000821. The second kappa shape index (κ2) is 9.51. The zero-order valence-corrected chi connectivity index (χ0v) is 18.3. The number of rotatable bonds is 4. The standard InChI is InChI=1S/C20H25N7O3.CH2O2/c1-2-15-14(18(29)22-12-5-3-6-12)9-13-10-25(11-16(28)27(13)15)19(30)17-23-20-21-7-4-8-26(20)24-17;2-1-3/h4,7-8,12-15H,2-3,5-6,9-11H2,1H3,(H,22,29);1H,(H,2,3)/t13-,14-,15-;/m0./s1. The van der Waals surface area contributed by atoms with Gasteiger partial charge in [0.05, 0.1) is 12.0 Å². The van der Waals surface area contributed by atoms with Gasteiger partial charge in [0, 0.05) is 31.0 Å². The second-order valence-corrected chi connectivity index (χ2v) is 8.50. The van der Waals surface area contributed by atoms with Gasteiger partial charge in [-0.1, -0.05) is 6.92 Å². The molecule has 3 aliphatic rings. The number of carbonyl (C=O) groups is 4. The summed E-state index contributed by atoms with van der Waals surface area (Å²) in [6, 6.07) is 1.71. The summed E-state index contributed by atoms with van der Waals surface area (Å²) in [6.45, 7) is 2.12. The average Bonchev–Trinajstić information content (AvgIpc) is 3.37. The predicted octanol–water partition coefficient (Wildman–Crippen LogP) is -0.0547. The van der Waals surface area contributed by atoms with Crippen LogP contribution in [0.2, 0.25) is 0 Å². The molecule has 3 fully saturated rings. The topological polar surface area (TPSA) is 150 Å². The van der Waals surface area contributed by atoms with Crippen LogP contribution in [0.5, 0.6) is 0 Å². The molecule has 0 bridgehead atoms. The van der Waals surface area contributed by atoms with Crippen molar-refractivity contribution in [2.24, 2.45) is 5.92 Å². The highest BCUT2D eigenvalue weighted by molar-refractivity contribution is 5.95. The number of carboxylic acid groups (broad SMARTS) is 1. The fourth-order valence-electron chi connectivity index (χ4n) is 4.89. The van der Waals surface area contributed by atoms with Crippen molar-refractivity contribution in [1.29, 1.82) is 0 Å². The van der Waals surface area contributed by atoms with Gasteiger partial charge in [0.1, 0.15) is 6.54 Å². The van der Waals surface area contributed by atoms with E-state index in [-0.39, 0.29) is 60.6 Å². The Morgan fingerprint density at radius 1 is 1.33 bits per heavy atom. The lowest BCUT2D eigenvalue weighted by Crippen LogP contribution is -2.57. The average molecular weight is 457 g/mol. The highest BCUT2D eigenvalue weighted by Crippen LogP contribution is 2.35. The molecule has 2 aliphatic heterocycles. The summed E-state index contributed by atoms with van der Waals surface area (Å²) in [7, 11) is 0. The van der Waals surface area contributed by atoms with Crippen LogP contribution < -0.4 is 5.32 Å². The van der Waals surface area contributed by atoms with Crippen LogP contribution in [-0.4, -0.2) is 89.9 Å². The molecule has 12 nitrogen and oxygen atoms in total. The fraction of sp³-hybridized carbons (Fsp3) is 0.571. The summed E-state index contributed by atoms with van der Waals surface area (Å²) in [5.74, 6) is -0.322. The minimum absolute atomic E-state index is 0.0220. The molecule has 1 saturated carbocycles. The number of nitrogens with one attached hydrogen (secondary N) is 1. The molecule has 3 amide bonds. The second-order valence-electron chi connectivity index (χ2n) is 8.50. The van der Waals surface area contributed by atoms with Gasteiger partial charge in [-0.05, 0) is 38.2 Å². The smallest absolute Gasteiger partial charge is 0.294 e. The molecule has 0 spiro atoms. The molecule has 12 heteroatoms. The van der Waals surface area contributed by atoms with E-state index in [2.05, 4.69) is 20.4 Å². The van der Waals surface area contributed by atoms with E-state index in [0.717, 1.165) is 25.7 Å². The van der Waals surface area contributed by atoms with Gasteiger partial charge in [-0.2, -0.15) is 4.98 Å². The molecule has 5 rings (SSSR count). The van der Waals surface area contributed by atoms with Gasteiger partial charge in [-0.3, -0.25) is 19.2 Å². The van der Waals surface area contributed by atoms with Gasteiger partial charge in [-0.15, -0.1) is 5.10 Å². The number of piperazine rings is 1. The molecule has 1 aliphatic carbocycles. The summed E-state index contributed by atoms with van der Waals surface area (Å²) >= 11 is 0. The third-order valence-electron chi connectivity index (χ3n) is 6.59. The van der Waals surface area contributed by atoms with Crippen molar-refractivity contribution < 1.29 is 24.3 Å². The molecule has 0 unspecified atom stereocenters. The van der Waals surface area contributed by atoms with Crippen LogP contribution in [0.15, 0.2) is 18.5 Å². The van der Waals surface area contributed by atoms with Crippen molar-refractivity contribution in [2.45, 2.75) is 57.2 Å². The van der Waals surface area contributed by atoms with Crippen LogP contribution >= 0.6 is 0 Å². The number of amides is 3. The van der Waals surface area contributed by atoms with E-state index in [1.54, 1.807) is 18.5 Å².